The van der Waals surface area contributed by atoms with Crippen molar-refractivity contribution < 1.29 is 27.1 Å². The van der Waals surface area contributed by atoms with E-state index in [4.69, 9.17) is 4.74 Å². The van der Waals surface area contributed by atoms with Crippen LogP contribution in [0.15, 0.2) is 54.6 Å². The first-order valence-electron chi connectivity index (χ1n) is 10.5. The van der Waals surface area contributed by atoms with Gasteiger partial charge in [0.15, 0.2) is 0 Å². The molecule has 0 spiro atoms. The first kappa shape index (κ1) is 22.3. The summed E-state index contributed by atoms with van der Waals surface area (Å²) in [5, 5.41) is 3.51. The highest BCUT2D eigenvalue weighted by Gasteiger charge is 2.30. The molecule has 1 N–H and O–H groups in total. The number of rotatable bonds is 6. The van der Waals surface area contributed by atoms with Gasteiger partial charge in [0.1, 0.15) is 21.9 Å². The number of carbonyl (C=O) groups is 1. The third-order valence-corrected chi connectivity index (χ3v) is 6.38. The highest BCUT2D eigenvalue weighted by molar-refractivity contribution is 7.18. The summed E-state index contributed by atoms with van der Waals surface area (Å²) in [6, 6.07) is 11.6. The van der Waals surface area contributed by atoms with Gasteiger partial charge >= 0.3 is 6.18 Å². The van der Waals surface area contributed by atoms with Crippen LogP contribution in [0, 0.1) is 5.82 Å². The lowest BCUT2D eigenvalue weighted by Crippen LogP contribution is -2.15. The molecule has 10 heteroatoms. The monoisotopic (exact) mass is 487 g/mol. The van der Waals surface area contributed by atoms with Gasteiger partial charge in [-0.1, -0.05) is 23.5 Å². The van der Waals surface area contributed by atoms with E-state index in [0.29, 0.717) is 17.4 Å². The minimum absolute atomic E-state index is 0.107. The molecular weight excluding hydrogens is 470 g/mol. The standard InChI is InChI=1S/C24H17F4N3O2S/c25-17-8-7-16(33-21-10-9-18-23(31-21)34-22(30-18)14-3-4-14)12-19(17)29-20(32)11-13-1-5-15(6-2-13)24(26,27)28/h1-2,5-10,12,14H,3-4,11H2,(H,29,32). The number of nitrogens with one attached hydrogen (secondary N) is 1. The fourth-order valence-corrected chi connectivity index (χ4v) is 4.45. The summed E-state index contributed by atoms with van der Waals surface area (Å²) in [5.74, 6) is -0.146. The second-order valence-corrected chi connectivity index (χ2v) is 8.97. The summed E-state index contributed by atoms with van der Waals surface area (Å²) < 4.78 is 58.1. The first-order chi connectivity index (χ1) is 16.2. The highest BCUT2D eigenvalue weighted by Crippen LogP contribution is 2.43. The number of halogens is 4. The SMILES string of the molecule is O=C(Cc1ccc(C(F)(F)F)cc1)Nc1cc(Oc2ccc3nc(C4CC4)sc3n2)ccc1F. The summed E-state index contributed by atoms with van der Waals surface area (Å²) in [5.41, 5.74) is 0.256. The Bertz CT molecular complexity index is 1370. The van der Waals surface area contributed by atoms with Crippen LogP contribution in [0.1, 0.15) is 34.9 Å². The molecule has 0 bridgehead atoms. The van der Waals surface area contributed by atoms with Crippen molar-refractivity contribution in [3.63, 3.8) is 0 Å². The molecule has 0 saturated heterocycles. The zero-order valence-corrected chi connectivity index (χ0v) is 18.3. The number of alkyl halides is 3. The molecule has 0 atom stereocenters. The van der Waals surface area contributed by atoms with E-state index in [1.807, 2.05) is 6.07 Å². The molecule has 2 aromatic carbocycles. The average molecular weight is 487 g/mol. The summed E-state index contributed by atoms with van der Waals surface area (Å²) in [6.45, 7) is 0. The molecule has 1 saturated carbocycles. The van der Waals surface area contributed by atoms with Crippen molar-refractivity contribution in [3.05, 3.63) is 76.5 Å². The Labute approximate surface area is 195 Å². The molecule has 34 heavy (non-hydrogen) atoms. The van der Waals surface area contributed by atoms with E-state index in [-0.39, 0.29) is 17.9 Å². The Morgan fingerprint density at radius 1 is 1.06 bits per heavy atom. The predicted molar refractivity (Wildman–Crippen MR) is 120 cm³/mol. The van der Waals surface area contributed by atoms with E-state index in [1.165, 1.54) is 35.6 Å². The van der Waals surface area contributed by atoms with Crippen LogP contribution < -0.4 is 10.1 Å². The molecule has 1 aliphatic rings. The second kappa shape index (κ2) is 8.68. The average Bonchev–Trinajstić information content (AvgIpc) is 3.55. The number of hydrogen-bond donors (Lipinski definition) is 1. The van der Waals surface area contributed by atoms with Gasteiger partial charge in [0, 0.05) is 18.1 Å². The number of benzene rings is 2. The zero-order valence-electron chi connectivity index (χ0n) is 17.5. The van der Waals surface area contributed by atoms with Crippen molar-refractivity contribution in [1.82, 2.24) is 9.97 Å². The van der Waals surface area contributed by atoms with Gasteiger partial charge in [0.25, 0.3) is 0 Å². The van der Waals surface area contributed by atoms with Crippen LogP contribution in [0.4, 0.5) is 23.2 Å². The Kier molecular flexibility index (Phi) is 5.68. The molecule has 1 fully saturated rings. The minimum Gasteiger partial charge on any atom is -0.439 e. The number of aromatic nitrogens is 2. The van der Waals surface area contributed by atoms with Gasteiger partial charge in [-0.15, -0.1) is 0 Å². The fourth-order valence-electron chi connectivity index (χ4n) is 3.35. The van der Waals surface area contributed by atoms with Crippen molar-refractivity contribution in [2.24, 2.45) is 0 Å². The lowest BCUT2D eigenvalue weighted by Gasteiger charge is -2.10. The summed E-state index contributed by atoms with van der Waals surface area (Å²) in [4.78, 5) is 22.1. The molecule has 2 aromatic heterocycles. The molecule has 1 aliphatic carbocycles. The number of thiazole rings is 1. The van der Waals surface area contributed by atoms with E-state index in [2.05, 4.69) is 15.3 Å². The van der Waals surface area contributed by atoms with E-state index >= 15 is 0 Å². The Balaban J connectivity index is 1.27. The molecule has 0 radical (unpaired) electrons. The van der Waals surface area contributed by atoms with Gasteiger partial charge in [-0.2, -0.15) is 13.2 Å². The van der Waals surface area contributed by atoms with E-state index in [1.54, 1.807) is 6.07 Å². The number of carbonyl (C=O) groups excluding carboxylic acids is 1. The van der Waals surface area contributed by atoms with E-state index in [9.17, 15) is 22.4 Å². The normalized spacial score (nSPS) is 13.8. The Morgan fingerprint density at radius 3 is 2.53 bits per heavy atom. The molecule has 5 rings (SSSR count). The number of nitrogens with zero attached hydrogens (tertiary/aromatic N) is 2. The van der Waals surface area contributed by atoms with Crippen LogP contribution in [0.2, 0.25) is 0 Å². The van der Waals surface area contributed by atoms with Crippen LogP contribution in [0.3, 0.4) is 0 Å². The molecule has 174 valence electrons. The molecule has 1 amide bonds. The van der Waals surface area contributed by atoms with Crippen LogP contribution in [0.25, 0.3) is 10.3 Å². The number of ether oxygens (including phenoxy) is 1. The third kappa shape index (κ3) is 5.01. The minimum atomic E-state index is -4.46. The van der Waals surface area contributed by atoms with Gasteiger partial charge in [-0.3, -0.25) is 4.79 Å². The van der Waals surface area contributed by atoms with Gasteiger partial charge in [0.05, 0.1) is 22.7 Å². The maximum atomic E-state index is 14.3. The Morgan fingerprint density at radius 2 is 1.82 bits per heavy atom. The molecule has 5 nitrogen and oxygen atoms in total. The maximum absolute atomic E-state index is 14.3. The van der Waals surface area contributed by atoms with Crippen molar-refractivity contribution >= 4 is 33.3 Å². The second-order valence-electron chi connectivity index (χ2n) is 7.96. The predicted octanol–water partition coefficient (Wildman–Crippen LogP) is 6.70. The molecule has 0 unspecified atom stereocenters. The molecule has 4 aromatic rings. The van der Waals surface area contributed by atoms with Crippen LogP contribution in [-0.2, 0) is 17.4 Å². The lowest BCUT2D eigenvalue weighted by atomic mass is 10.1. The molecule has 2 heterocycles. The van der Waals surface area contributed by atoms with Crippen molar-refractivity contribution in [1.29, 1.82) is 0 Å². The number of pyridine rings is 1. The lowest BCUT2D eigenvalue weighted by molar-refractivity contribution is -0.137. The van der Waals surface area contributed by atoms with Gasteiger partial charge in [0.2, 0.25) is 11.8 Å². The molecule has 0 aliphatic heterocycles. The van der Waals surface area contributed by atoms with Crippen molar-refractivity contribution in [3.8, 4) is 11.6 Å². The van der Waals surface area contributed by atoms with E-state index < -0.39 is 23.5 Å². The summed E-state index contributed by atoms with van der Waals surface area (Å²) >= 11 is 1.53. The number of anilines is 1. The first-order valence-corrected chi connectivity index (χ1v) is 11.3. The fraction of sp³-hybridized carbons (Fsp3) is 0.208. The number of amides is 1. The number of fused-ring (bicyclic) bond motifs is 1. The van der Waals surface area contributed by atoms with Crippen LogP contribution >= 0.6 is 11.3 Å². The zero-order chi connectivity index (χ0) is 23.9. The third-order valence-electron chi connectivity index (χ3n) is 5.25. The van der Waals surface area contributed by atoms with Crippen LogP contribution in [0.5, 0.6) is 11.6 Å². The highest BCUT2D eigenvalue weighted by atomic mass is 32.1. The Hall–Kier alpha value is -3.53. The van der Waals surface area contributed by atoms with E-state index in [0.717, 1.165) is 46.4 Å². The summed E-state index contributed by atoms with van der Waals surface area (Å²) in [6.07, 6.45) is -2.38. The van der Waals surface area contributed by atoms with Crippen LogP contribution in [-0.4, -0.2) is 15.9 Å². The largest absolute Gasteiger partial charge is 0.439 e. The molecular formula is C24H17F4N3O2S. The summed E-state index contributed by atoms with van der Waals surface area (Å²) in [7, 11) is 0. The van der Waals surface area contributed by atoms with Gasteiger partial charge < -0.3 is 10.1 Å². The quantitative estimate of drug-likeness (QED) is 0.308. The smallest absolute Gasteiger partial charge is 0.416 e. The van der Waals surface area contributed by atoms with Crippen molar-refractivity contribution in [2.75, 3.05) is 5.32 Å². The number of hydrogen-bond acceptors (Lipinski definition) is 5. The van der Waals surface area contributed by atoms with Gasteiger partial charge in [-0.05, 0) is 48.7 Å². The van der Waals surface area contributed by atoms with Crippen molar-refractivity contribution in [2.45, 2.75) is 31.4 Å². The van der Waals surface area contributed by atoms with Gasteiger partial charge in [-0.25, -0.2) is 14.4 Å². The maximum Gasteiger partial charge on any atom is 0.416 e. The topological polar surface area (TPSA) is 64.1 Å².